The van der Waals surface area contributed by atoms with Crippen LogP contribution in [0.1, 0.15) is 39.0 Å². The zero-order chi connectivity index (χ0) is 22.0. The predicted molar refractivity (Wildman–Crippen MR) is 125 cm³/mol. The molecule has 1 aromatic heterocycles. The molecule has 2 heterocycles. The number of carbonyl (C=O) groups is 1. The van der Waals surface area contributed by atoms with Crippen LogP contribution in [0.3, 0.4) is 0 Å². The summed E-state index contributed by atoms with van der Waals surface area (Å²) < 4.78 is 10.9. The highest BCUT2D eigenvalue weighted by Gasteiger charge is 2.21. The van der Waals surface area contributed by atoms with Gasteiger partial charge in [0.2, 0.25) is 0 Å². The minimum atomic E-state index is -0.0448. The summed E-state index contributed by atoms with van der Waals surface area (Å²) in [7, 11) is 3.25. The first-order valence-electron chi connectivity index (χ1n) is 10.4. The number of hydrogen-bond donors (Lipinski definition) is 1. The van der Waals surface area contributed by atoms with Gasteiger partial charge in [0.15, 0.2) is 17.3 Å². The summed E-state index contributed by atoms with van der Waals surface area (Å²) in [5.41, 5.74) is 5.98. The zero-order valence-corrected chi connectivity index (χ0v) is 19.1. The molecule has 1 aliphatic rings. The Kier molecular flexibility index (Phi) is 6.09. The molecule has 0 saturated heterocycles. The average Bonchev–Trinajstić information content (AvgIpc) is 3.20. The van der Waals surface area contributed by atoms with E-state index in [4.69, 9.17) is 9.47 Å². The van der Waals surface area contributed by atoms with Crippen molar-refractivity contribution in [3.05, 3.63) is 69.7 Å². The summed E-state index contributed by atoms with van der Waals surface area (Å²) >= 11 is 1.44. The molecule has 3 aromatic rings. The Morgan fingerprint density at radius 2 is 1.87 bits per heavy atom. The van der Waals surface area contributed by atoms with E-state index in [0.29, 0.717) is 16.4 Å². The molecule has 0 spiro atoms. The first-order chi connectivity index (χ1) is 15.0. The van der Waals surface area contributed by atoms with Crippen molar-refractivity contribution >= 4 is 22.8 Å². The first-order valence-corrected chi connectivity index (χ1v) is 11.2. The van der Waals surface area contributed by atoms with Gasteiger partial charge >= 0.3 is 0 Å². The number of hydrogen-bond acceptors (Lipinski definition) is 6. The lowest BCUT2D eigenvalue weighted by molar-refractivity contribution is 0.105. The van der Waals surface area contributed by atoms with Crippen LogP contribution in [-0.2, 0) is 12.8 Å². The Morgan fingerprint density at radius 1 is 1.16 bits per heavy atom. The first kappa shape index (κ1) is 21.1. The van der Waals surface area contributed by atoms with Crippen LogP contribution in [0.5, 0.6) is 11.5 Å². The number of allylic oxidation sites excluding steroid dienone is 1. The molecule has 0 amide bonds. The molecule has 0 unspecified atom stereocenters. The molecule has 0 radical (unpaired) electrons. The molecule has 1 aliphatic heterocycles. The van der Waals surface area contributed by atoms with E-state index >= 15 is 0 Å². The fourth-order valence-corrected chi connectivity index (χ4v) is 4.75. The molecule has 0 bridgehead atoms. The molecule has 1 N–H and O–H groups in total. The Morgan fingerprint density at radius 3 is 2.55 bits per heavy atom. The van der Waals surface area contributed by atoms with Crippen molar-refractivity contribution in [2.45, 2.75) is 26.7 Å². The maximum absolute atomic E-state index is 13.2. The number of thiazole rings is 1. The summed E-state index contributed by atoms with van der Waals surface area (Å²) in [6, 6.07) is 12.3. The lowest BCUT2D eigenvalue weighted by Crippen LogP contribution is -2.23. The van der Waals surface area contributed by atoms with Crippen molar-refractivity contribution in [1.29, 1.82) is 0 Å². The summed E-state index contributed by atoms with van der Waals surface area (Å²) in [6.45, 7) is 4.79. The number of methoxy groups -OCH3 is 2. The number of aromatic nitrogens is 1. The highest BCUT2D eigenvalue weighted by Crippen LogP contribution is 2.35. The van der Waals surface area contributed by atoms with Crippen LogP contribution in [0.15, 0.2) is 42.5 Å². The number of ether oxygens (including phenoxy) is 2. The van der Waals surface area contributed by atoms with E-state index in [1.165, 1.54) is 16.9 Å². The second-order valence-corrected chi connectivity index (χ2v) is 8.45. The minimum Gasteiger partial charge on any atom is -0.493 e. The van der Waals surface area contributed by atoms with Gasteiger partial charge in [0.25, 0.3) is 0 Å². The maximum atomic E-state index is 13.2. The number of fused-ring (bicyclic) bond motifs is 1. The highest BCUT2D eigenvalue weighted by molar-refractivity contribution is 7.17. The van der Waals surface area contributed by atoms with E-state index in [0.717, 1.165) is 52.5 Å². The molecule has 6 heteroatoms. The van der Waals surface area contributed by atoms with E-state index in [1.807, 2.05) is 19.1 Å². The number of rotatable bonds is 6. The lowest BCUT2D eigenvalue weighted by Gasteiger charge is -2.23. The fourth-order valence-electron chi connectivity index (χ4n) is 3.76. The van der Waals surface area contributed by atoms with Crippen molar-refractivity contribution in [2.75, 3.05) is 20.8 Å². The fraction of sp³-hybridized carbons (Fsp3) is 0.280. The molecular weight excluding hydrogens is 408 g/mol. The van der Waals surface area contributed by atoms with Crippen molar-refractivity contribution in [2.24, 2.45) is 0 Å². The molecule has 2 aromatic carbocycles. The number of ketones is 1. The maximum Gasteiger partial charge on any atom is 0.199 e. The molecule has 0 atom stereocenters. The molecule has 0 saturated carbocycles. The molecule has 31 heavy (non-hydrogen) atoms. The number of carbonyl (C=O) groups excluding carboxylic acids is 1. The van der Waals surface area contributed by atoms with Crippen molar-refractivity contribution in [1.82, 2.24) is 10.3 Å². The molecule has 160 valence electrons. The Balaban J connectivity index is 1.66. The number of benzene rings is 2. The standard InChI is InChI=1S/C25H26N2O3S/c1-5-16-6-8-17(9-7-16)25-27-15(2)24(31-25)21(28)14-20-19-13-23(30-4)22(29-3)12-18(19)10-11-26-20/h6-9,12-14,26H,5,10-11H2,1-4H3/b20-14-. The van der Waals surface area contributed by atoms with Gasteiger partial charge in [0, 0.05) is 29.4 Å². The third-order valence-electron chi connectivity index (χ3n) is 5.51. The van der Waals surface area contributed by atoms with Gasteiger partial charge in [-0.15, -0.1) is 11.3 Å². The van der Waals surface area contributed by atoms with Crippen molar-refractivity contribution in [3.63, 3.8) is 0 Å². The van der Waals surface area contributed by atoms with E-state index in [-0.39, 0.29) is 5.78 Å². The van der Waals surface area contributed by atoms with Gasteiger partial charge in [-0.05, 0) is 43.0 Å². The monoisotopic (exact) mass is 434 g/mol. The Labute approximate surface area is 186 Å². The van der Waals surface area contributed by atoms with E-state index in [1.54, 1.807) is 20.3 Å². The molecule has 4 rings (SSSR count). The largest absolute Gasteiger partial charge is 0.493 e. The molecule has 0 aliphatic carbocycles. The quantitative estimate of drug-likeness (QED) is 0.434. The number of nitrogens with zero attached hydrogens (tertiary/aromatic N) is 1. The number of nitrogens with one attached hydrogen (secondary N) is 1. The number of aryl methyl sites for hydroxylation is 2. The van der Waals surface area contributed by atoms with Gasteiger partial charge in [-0.2, -0.15) is 0 Å². The van der Waals surface area contributed by atoms with Gasteiger partial charge in [-0.1, -0.05) is 31.2 Å². The van der Waals surface area contributed by atoms with Crippen molar-refractivity contribution in [3.8, 4) is 22.1 Å². The lowest BCUT2D eigenvalue weighted by atomic mass is 9.96. The van der Waals surface area contributed by atoms with Crippen LogP contribution in [-0.4, -0.2) is 31.5 Å². The topological polar surface area (TPSA) is 60.5 Å². The van der Waals surface area contributed by atoms with Crippen LogP contribution < -0.4 is 14.8 Å². The normalized spacial score (nSPS) is 14.1. The summed E-state index contributed by atoms with van der Waals surface area (Å²) in [4.78, 5) is 18.5. The second-order valence-electron chi connectivity index (χ2n) is 7.45. The Bertz CT molecular complexity index is 1150. The van der Waals surface area contributed by atoms with Crippen LogP contribution in [0.4, 0.5) is 0 Å². The molecular formula is C25H26N2O3S. The zero-order valence-electron chi connectivity index (χ0n) is 18.2. The van der Waals surface area contributed by atoms with Gasteiger partial charge in [-0.3, -0.25) is 4.79 Å². The predicted octanol–water partition coefficient (Wildman–Crippen LogP) is 5.07. The molecule has 0 fully saturated rings. The van der Waals surface area contributed by atoms with Gasteiger partial charge in [0.1, 0.15) is 5.01 Å². The van der Waals surface area contributed by atoms with Crippen molar-refractivity contribution < 1.29 is 14.3 Å². The van der Waals surface area contributed by atoms with Crippen LogP contribution in [0.25, 0.3) is 16.3 Å². The van der Waals surface area contributed by atoms with E-state index < -0.39 is 0 Å². The van der Waals surface area contributed by atoms with Crippen LogP contribution in [0.2, 0.25) is 0 Å². The van der Waals surface area contributed by atoms with Crippen LogP contribution >= 0.6 is 11.3 Å². The average molecular weight is 435 g/mol. The van der Waals surface area contributed by atoms with Gasteiger partial charge in [-0.25, -0.2) is 4.98 Å². The van der Waals surface area contributed by atoms with E-state index in [2.05, 4.69) is 41.5 Å². The summed E-state index contributed by atoms with van der Waals surface area (Å²) in [5.74, 6) is 1.30. The summed E-state index contributed by atoms with van der Waals surface area (Å²) in [5, 5.41) is 4.23. The van der Waals surface area contributed by atoms with Crippen LogP contribution in [0, 0.1) is 6.92 Å². The summed E-state index contributed by atoms with van der Waals surface area (Å²) in [6.07, 6.45) is 3.53. The Hall–Kier alpha value is -3.12. The minimum absolute atomic E-state index is 0.0448. The van der Waals surface area contributed by atoms with Gasteiger partial charge < -0.3 is 14.8 Å². The van der Waals surface area contributed by atoms with E-state index in [9.17, 15) is 4.79 Å². The van der Waals surface area contributed by atoms with Gasteiger partial charge in [0.05, 0.1) is 24.8 Å². The molecule has 5 nitrogen and oxygen atoms in total. The smallest absolute Gasteiger partial charge is 0.199 e. The highest BCUT2D eigenvalue weighted by atomic mass is 32.1. The second kappa shape index (κ2) is 8.94. The SMILES string of the molecule is CCc1ccc(-c2nc(C)c(C(=O)/C=C3\NCCc4cc(OC)c(OC)cc43)s2)cc1. The third-order valence-corrected chi connectivity index (χ3v) is 6.74. The third kappa shape index (κ3) is 4.21.